The number of benzene rings is 1. The van der Waals surface area contributed by atoms with Crippen molar-refractivity contribution in [2.75, 3.05) is 0 Å². The summed E-state index contributed by atoms with van der Waals surface area (Å²) in [6, 6.07) is 4.24. The van der Waals surface area contributed by atoms with Gasteiger partial charge in [0.25, 0.3) is 0 Å². The van der Waals surface area contributed by atoms with Crippen molar-refractivity contribution in [1.82, 2.24) is 9.97 Å². The standard InChI is InChI=1S/C15H18N2O2/c1-8-5-9(2)14(10(3)6-8)15-11(4)16-12(17-15)7-13(18)19/h5-6H,7H2,1-4H3,(H,16,17)(H,18,19). The van der Waals surface area contributed by atoms with Crippen LogP contribution in [0.2, 0.25) is 0 Å². The number of aromatic nitrogens is 2. The van der Waals surface area contributed by atoms with Crippen molar-refractivity contribution in [3.63, 3.8) is 0 Å². The van der Waals surface area contributed by atoms with Crippen LogP contribution in [-0.4, -0.2) is 21.0 Å². The van der Waals surface area contributed by atoms with Crippen molar-refractivity contribution in [2.24, 2.45) is 0 Å². The number of nitrogens with zero attached hydrogens (tertiary/aromatic N) is 1. The van der Waals surface area contributed by atoms with Crippen molar-refractivity contribution >= 4 is 5.97 Å². The molecule has 1 aromatic carbocycles. The number of rotatable bonds is 3. The van der Waals surface area contributed by atoms with Crippen molar-refractivity contribution in [3.05, 3.63) is 40.3 Å². The number of hydrogen-bond donors (Lipinski definition) is 2. The fourth-order valence-corrected chi connectivity index (χ4v) is 2.55. The molecule has 0 saturated heterocycles. The zero-order chi connectivity index (χ0) is 14.2. The molecule has 0 saturated carbocycles. The highest BCUT2D eigenvalue weighted by atomic mass is 16.4. The molecule has 0 amide bonds. The first-order valence-electron chi connectivity index (χ1n) is 6.24. The third-order valence-electron chi connectivity index (χ3n) is 3.17. The molecule has 4 nitrogen and oxygen atoms in total. The summed E-state index contributed by atoms with van der Waals surface area (Å²) in [6.45, 7) is 8.10. The van der Waals surface area contributed by atoms with Crippen LogP contribution in [0, 0.1) is 27.7 Å². The van der Waals surface area contributed by atoms with Crippen LogP contribution in [-0.2, 0) is 11.2 Å². The molecule has 0 atom stereocenters. The van der Waals surface area contributed by atoms with Gasteiger partial charge in [-0.2, -0.15) is 0 Å². The maximum Gasteiger partial charge on any atom is 0.311 e. The van der Waals surface area contributed by atoms with E-state index in [0.29, 0.717) is 5.82 Å². The minimum Gasteiger partial charge on any atom is -0.481 e. The molecule has 2 aromatic rings. The Bertz CT molecular complexity index is 619. The number of carbonyl (C=O) groups is 1. The second-order valence-electron chi connectivity index (χ2n) is 5.00. The summed E-state index contributed by atoms with van der Waals surface area (Å²) in [5, 5.41) is 8.82. The first-order chi connectivity index (χ1) is 8.88. The fraction of sp³-hybridized carbons (Fsp3) is 0.333. The summed E-state index contributed by atoms with van der Waals surface area (Å²) in [6.07, 6.45) is -0.0786. The number of aromatic amines is 1. The molecular formula is C15H18N2O2. The van der Waals surface area contributed by atoms with Crippen molar-refractivity contribution < 1.29 is 9.90 Å². The van der Waals surface area contributed by atoms with E-state index in [2.05, 4.69) is 42.9 Å². The van der Waals surface area contributed by atoms with Crippen LogP contribution in [0.3, 0.4) is 0 Å². The van der Waals surface area contributed by atoms with E-state index < -0.39 is 5.97 Å². The normalized spacial score (nSPS) is 10.7. The second-order valence-corrected chi connectivity index (χ2v) is 5.00. The zero-order valence-electron chi connectivity index (χ0n) is 11.7. The summed E-state index contributed by atoms with van der Waals surface area (Å²) in [5.74, 6) is -0.378. The van der Waals surface area contributed by atoms with E-state index in [-0.39, 0.29) is 6.42 Å². The monoisotopic (exact) mass is 258 g/mol. The van der Waals surface area contributed by atoms with Gasteiger partial charge >= 0.3 is 5.97 Å². The van der Waals surface area contributed by atoms with Gasteiger partial charge in [0.2, 0.25) is 0 Å². The maximum absolute atomic E-state index is 10.7. The van der Waals surface area contributed by atoms with Crippen LogP contribution in [0.25, 0.3) is 11.3 Å². The molecule has 100 valence electrons. The lowest BCUT2D eigenvalue weighted by molar-refractivity contribution is -0.136. The van der Waals surface area contributed by atoms with E-state index in [0.717, 1.165) is 28.1 Å². The Morgan fingerprint density at radius 2 is 1.79 bits per heavy atom. The van der Waals surface area contributed by atoms with E-state index in [1.165, 1.54) is 5.56 Å². The van der Waals surface area contributed by atoms with Crippen molar-refractivity contribution in [3.8, 4) is 11.3 Å². The SMILES string of the molecule is Cc1cc(C)c(-c2nc(CC(=O)O)[nH]c2C)c(C)c1. The smallest absolute Gasteiger partial charge is 0.311 e. The summed E-state index contributed by atoms with van der Waals surface area (Å²) < 4.78 is 0. The Labute approximate surface area is 112 Å². The molecule has 1 heterocycles. The van der Waals surface area contributed by atoms with Gasteiger partial charge in [-0.1, -0.05) is 17.7 Å². The van der Waals surface area contributed by atoms with E-state index in [1.54, 1.807) is 0 Å². The largest absolute Gasteiger partial charge is 0.481 e. The summed E-state index contributed by atoms with van der Waals surface area (Å²) in [4.78, 5) is 18.2. The predicted octanol–water partition coefficient (Wildman–Crippen LogP) is 2.94. The topological polar surface area (TPSA) is 66.0 Å². The van der Waals surface area contributed by atoms with Crippen LogP contribution in [0.4, 0.5) is 0 Å². The summed E-state index contributed by atoms with van der Waals surface area (Å²) in [5.41, 5.74) is 6.40. The molecular weight excluding hydrogens is 240 g/mol. The third-order valence-corrected chi connectivity index (χ3v) is 3.17. The summed E-state index contributed by atoms with van der Waals surface area (Å²) in [7, 11) is 0. The molecule has 1 aromatic heterocycles. The number of carboxylic acids is 1. The second kappa shape index (κ2) is 4.88. The van der Waals surface area contributed by atoms with Crippen LogP contribution < -0.4 is 0 Å². The van der Waals surface area contributed by atoms with Gasteiger partial charge in [0.05, 0.1) is 5.69 Å². The van der Waals surface area contributed by atoms with Gasteiger partial charge in [-0.15, -0.1) is 0 Å². The maximum atomic E-state index is 10.7. The number of H-pyrrole nitrogens is 1. The number of nitrogens with one attached hydrogen (secondary N) is 1. The van der Waals surface area contributed by atoms with Gasteiger partial charge in [0.1, 0.15) is 12.2 Å². The Kier molecular flexibility index (Phi) is 3.42. The van der Waals surface area contributed by atoms with Gasteiger partial charge in [-0.3, -0.25) is 4.79 Å². The highest BCUT2D eigenvalue weighted by Gasteiger charge is 2.15. The Balaban J connectivity index is 2.53. The van der Waals surface area contributed by atoms with Gasteiger partial charge in [0, 0.05) is 11.3 Å². The van der Waals surface area contributed by atoms with Crippen molar-refractivity contribution in [1.29, 1.82) is 0 Å². The molecule has 0 aliphatic rings. The number of imidazole rings is 1. The number of aliphatic carboxylic acids is 1. The Morgan fingerprint density at radius 3 is 2.32 bits per heavy atom. The lowest BCUT2D eigenvalue weighted by Gasteiger charge is -2.09. The lowest BCUT2D eigenvalue weighted by atomic mass is 9.96. The molecule has 0 aliphatic heterocycles. The molecule has 0 spiro atoms. The van der Waals surface area contributed by atoms with Crippen molar-refractivity contribution in [2.45, 2.75) is 34.1 Å². The summed E-state index contributed by atoms with van der Waals surface area (Å²) >= 11 is 0. The lowest BCUT2D eigenvalue weighted by Crippen LogP contribution is -2.01. The average molecular weight is 258 g/mol. The Hall–Kier alpha value is -2.10. The van der Waals surface area contributed by atoms with Gasteiger partial charge in [-0.05, 0) is 38.8 Å². The highest BCUT2D eigenvalue weighted by Crippen LogP contribution is 2.29. The molecule has 2 N–H and O–H groups in total. The average Bonchev–Trinajstić information content (AvgIpc) is 2.57. The minimum atomic E-state index is -0.877. The first kappa shape index (κ1) is 13.3. The molecule has 4 heteroatoms. The van der Waals surface area contributed by atoms with E-state index in [1.807, 2.05) is 6.92 Å². The van der Waals surface area contributed by atoms with Crippen LogP contribution in [0.15, 0.2) is 12.1 Å². The van der Waals surface area contributed by atoms with Crippen LogP contribution in [0.5, 0.6) is 0 Å². The van der Waals surface area contributed by atoms with Crippen LogP contribution >= 0.6 is 0 Å². The number of hydrogen-bond acceptors (Lipinski definition) is 2. The fourth-order valence-electron chi connectivity index (χ4n) is 2.55. The quantitative estimate of drug-likeness (QED) is 0.889. The van der Waals surface area contributed by atoms with Crippen LogP contribution in [0.1, 0.15) is 28.2 Å². The predicted molar refractivity (Wildman–Crippen MR) is 74.3 cm³/mol. The molecule has 19 heavy (non-hydrogen) atoms. The molecule has 0 aliphatic carbocycles. The van der Waals surface area contributed by atoms with E-state index in [9.17, 15) is 4.79 Å². The first-order valence-corrected chi connectivity index (χ1v) is 6.24. The van der Waals surface area contributed by atoms with Gasteiger partial charge < -0.3 is 10.1 Å². The molecule has 2 rings (SSSR count). The molecule has 0 bridgehead atoms. The minimum absolute atomic E-state index is 0.0786. The van der Waals surface area contributed by atoms with Gasteiger partial charge in [0.15, 0.2) is 0 Å². The Morgan fingerprint density at radius 1 is 1.21 bits per heavy atom. The third kappa shape index (κ3) is 2.67. The zero-order valence-corrected chi connectivity index (χ0v) is 11.7. The molecule has 0 fully saturated rings. The highest BCUT2D eigenvalue weighted by molar-refractivity contribution is 5.72. The molecule has 0 radical (unpaired) electrons. The number of carboxylic acid groups (broad SMARTS) is 1. The van der Waals surface area contributed by atoms with E-state index in [4.69, 9.17) is 5.11 Å². The van der Waals surface area contributed by atoms with Gasteiger partial charge in [-0.25, -0.2) is 4.98 Å². The number of aryl methyl sites for hydroxylation is 4. The van der Waals surface area contributed by atoms with E-state index >= 15 is 0 Å². The molecule has 0 unspecified atom stereocenters.